The molecule has 2 unspecified atom stereocenters. The zero-order valence-electron chi connectivity index (χ0n) is 18.1. The van der Waals surface area contributed by atoms with Crippen LogP contribution in [-0.4, -0.2) is 59.7 Å². The maximum absolute atomic E-state index is 13.2. The average molecular weight is 422 g/mol. The smallest absolute Gasteiger partial charge is 0.310 e. The number of benzene rings is 1. The summed E-state index contributed by atoms with van der Waals surface area (Å²) in [6.45, 7) is 5.19. The van der Waals surface area contributed by atoms with Crippen molar-refractivity contribution in [3.05, 3.63) is 58.5 Å². The van der Waals surface area contributed by atoms with Crippen LogP contribution in [0.1, 0.15) is 30.9 Å². The van der Waals surface area contributed by atoms with Crippen LogP contribution in [0.2, 0.25) is 0 Å². The predicted molar refractivity (Wildman–Crippen MR) is 123 cm³/mol. The van der Waals surface area contributed by atoms with Gasteiger partial charge >= 0.3 is 6.03 Å². The second-order valence-corrected chi connectivity index (χ2v) is 9.32. The first kappa shape index (κ1) is 20.3. The van der Waals surface area contributed by atoms with Gasteiger partial charge in [-0.15, -0.1) is 0 Å². The molecule has 2 fully saturated rings. The van der Waals surface area contributed by atoms with Crippen LogP contribution in [0, 0.1) is 5.92 Å². The van der Waals surface area contributed by atoms with Gasteiger partial charge in [-0.2, -0.15) is 0 Å². The zero-order valence-corrected chi connectivity index (χ0v) is 18.1. The number of anilines is 2. The molecule has 0 spiro atoms. The molecule has 1 aromatic heterocycles. The SMILES string of the molecule is CN1CCC(N2CC3CC(C2)c2ccc(NC(=O)Nc4ccccc4)c(=O)n2C3)CC1. The molecule has 3 aliphatic heterocycles. The van der Waals surface area contributed by atoms with Crippen LogP contribution >= 0.6 is 0 Å². The Balaban J connectivity index is 1.30. The summed E-state index contributed by atoms with van der Waals surface area (Å²) < 4.78 is 1.91. The summed E-state index contributed by atoms with van der Waals surface area (Å²) in [6.07, 6.45) is 3.63. The minimum absolute atomic E-state index is 0.0943. The van der Waals surface area contributed by atoms with Gasteiger partial charge in [-0.25, -0.2) is 4.79 Å². The predicted octanol–water partition coefficient (Wildman–Crippen LogP) is 3.01. The minimum atomic E-state index is -0.395. The van der Waals surface area contributed by atoms with E-state index < -0.39 is 6.03 Å². The summed E-state index contributed by atoms with van der Waals surface area (Å²) in [6, 6.07) is 13.3. The van der Waals surface area contributed by atoms with Gasteiger partial charge in [0.2, 0.25) is 0 Å². The van der Waals surface area contributed by atoms with E-state index in [0.717, 1.165) is 31.7 Å². The fourth-order valence-corrected chi connectivity index (χ4v) is 5.54. The Morgan fingerprint density at radius 2 is 1.74 bits per heavy atom. The second-order valence-electron chi connectivity index (χ2n) is 9.32. The fraction of sp³-hybridized carbons (Fsp3) is 0.500. The highest BCUT2D eigenvalue weighted by Gasteiger charge is 2.37. The van der Waals surface area contributed by atoms with Gasteiger partial charge in [0.1, 0.15) is 5.69 Å². The van der Waals surface area contributed by atoms with Crippen LogP contribution in [0.3, 0.4) is 0 Å². The van der Waals surface area contributed by atoms with Crippen molar-refractivity contribution in [2.24, 2.45) is 5.92 Å². The first-order valence-corrected chi connectivity index (χ1v) is 11.4. The molecule has 0 saturated carbocycles. The van der Waals surface area contributed by atoms with Gasteiger partial charge in [-0.05, 0) is 69.6 Å². The van der Waals surface area contributed by atoms with Crippen molar-refractivity contribution in [3.8, 4) is 0 Å². The average Bonchev–Trinajstić information content (AvgIpc) is 2.77. The van der Waals surface area contributed by atoms with Crippen molar-refractivity contribution in [2.75, 3.05) is 43.9 Å². The zero-order chi connectivity index (χ0) is 21.4. The molecule has 3 aliphatic rings. The Bertz CT molecular complexity index is 997. The van der Waals surface area contributed by atoms with Crippen LogP contribution < -0.4 is 16.2 Å². The van der Waals surface area contributed by atoms with Crippen molar-refractivity contribution < 1.29 is 4.79 Å². The molecule has 2 amide bonds. The second kappa shape index (κ2) is 8.48. The number of carbonyl (C=O) groups is 1. The van der Waals surface area contributed by atoms with E-state index >= 15 is 0 Å². The molecule has 2 aromatic rings. The lowest BCUT2D eigenvalue weighted by Crippen LogP contribution is -2.53. The lowest BCUT2D eigenvalue weighted by atomic mass is 9.82. The summed E-state index contributed by atoms with van der Waals surface area (Å²) in [5.41, 5.74) is 2.06. The summed E-state index contributed by atoms with van der Waals surface area (Å²) in [4.78, 5) is 30.6. The summed E-state index contributed by atoms with van der Waals surface area (Å²) >= 11 is 0. The van der Waals surface area contributed by atoms with E-state index in [1.54, 1.807) is 6.07 Å². The van der Waals surface area contributed by atoms with Crippen molar-refractivity contribution in [3.63, 3.8) is 0 Å². The van der Waals surface area contributed by atoms with Crippen molar-refractivity contribution >= 4 is 17.4 Å². The maximum atomic E-state index is 13.2. The number of piperidine rings is 2. The van der Waals surface area contributed by atoms with Crippen LogP contribution in [0.4, 0.5) is 16.2 Å². The number of urea groups is 1. The summed E-state index contributed by atoms with van der Waals surface area (Å²) in [5.74, 6) is 0.893. The molecule has 0 aliphatic carbocycles. The highest BCUT2D eigenvalue weighted by molar-refractivity contribution is 5.99. The van der Waals surface area contributed by atoms with Crippen LogP contribution in [0.5, 0.6) is 0 Å². The van der Waals surface area contributed by atoms with Gasteiger partial charge < -0.3 is 20.1 Å². The molecule has 2 N–H and O–H groups in total. The number of hydrogen-bond donors (Lipinski definition) is 2. The topological polar surface area (TPSA) is 69.6 Å². The minimum Gasteiger partial charge on any atom is -0.310 e. The Hall–Kier alpha value is -2.64. The number of amides is 2. The van der Waals surface area contributed by atoms with E-state index in [2.05, 4.69) is 27.5 Å². The molecule has 2 atom stereocenters. The molecule has 7 heteroatoms. The molecular weight excluding hydrogens is 390 g/mol. The van der Waals surface area contributed by atoms with Crippen molar-refractivity contribution in [1.29, 1.82) is 0 Å². The van der Waals surface area contributed by atoms with Crippen molar-refractivity contribution in [1.82, 2.24) is 14.4 Å². The monoisotopic (exact) mass is 421 g/mol. The molecule has 1 aromatic carbocycles. The van der Waals surface area contributed by atoms with Gasteiger partial charge in [0.05, 0.1) is 0 Å². The van der Waals surface area contributed by atoms with E-state index in [1.165, 1.54) is 25.9 Å². The number of nitrogens with zero attached hydrogens (tertiary/aromatic N) is 3. The number of pyridine rings is 1. The fourth-order valence-electron chi connectivity index (χ4n) is 5.54. The molecule has 5 rings (SSSR count). The Labute approximate surface area is 183 Å². The third-order valence-electron chi connectivity index (χ3n) is 7.12. The number of carbonyl (C=O) groups excluding carboxylic acids is 1. The largest absolute Gasteiger partial charge is 0.323 e. The quantitative estimate of drug-likeness (QED) is 0.799. The molecule has 31 heavy (non-hydrogen) atoms. The summed E-state index contributed by atoms with van der Waals surface area (Å²) in [7, 11) is 2.20. The molecular formula is C24H31N5O2. The number of likely N-dealkylation sites (tertiary alicyclic amines) is 2. The van der Waals surface area contributed by atoms with Gasteiger partial charge in [0, 0.05) is 43.0 Å². The normalized spacial score (nSPS) is 24.4. The molecule has 2 bridgehead atoms. The van der Waals surface area contributed by atoms with Crippen molar-refractivity contribution in [2.45, 2.75) is 37.8 Å². The number of hydrogen-bond acceptors (Lipinski definition) is 4. The van der Waals surface area contributed by atoms with E-state index in [9.17, 15) is 9.59 Å². The van der Waals surface area contributed by atoms with Crippen LogP contribution in [0.25, 0.3) is 0 Å². The first-order valence-electron chi connectivity index (χ1n) is 11.4. The maximum Gasteiger partial charge on any atom is 0.323 e. The molecule has 7 nitrogen and oxygen atoms in total. The van der Waals surface area contributed by atoms with E-state index in [-0.39, 0.29) is 5.56 Å². The molecule has 4 heterocycles. The van der Waals surface area contributed by atoms with E-state index in [1.807, 2.05) is 41.0 Å². The number of rotatable bonds is 3. The van der Waals surface area contributed by atoms with E-state index in [4.69, 9.17) is 0 Å². The number of nitrogens with one attached hydrogen (secondary N) is 2. The third kappa shape index (κ3) is 4.25. The number of aromatic nitrogens is 1. The Kier molecular flexibility index (Phi) is 5.54. The highest BCUT2D eigenvalue weighted by Crippen LogP contribution is 2.37. The lowest BCUT2D eigenvalue weighted by Gasteiger charge is -2.47. The first-order chi connectivity index (χ1) is 15.1. The van der Waals surface area contributed by atoms with E-state index in [0.29, 0.717) is 29.3 Å². The van der Waals surface area contributed by atoms with Gasteiger partial charge in [-0.3, -0.25) is 9.69 Å². The molecule has 2 saturated heterocycles. The standard InChI is InChI=1S/C24H31N5O2/c1-27-11-9-20(10-12-27)28-14-17-13-18(16-28)22-8-7-21(23(30)29(22)15-17)26-24(31)25-19-5-3-2-4-6-19/h2-8,17-18,20H,9-16H2,1H3,(H2,25,26,31). The van der Waals surface area contributed by atoms with Crippen LogP contribution in [0.15, 0.2) is 47.3 Å². The van der Waals surface area contributed by atoms with Crippen LogP contribution in [-0.2, 0) is 6.54 Å². The highest BCUT2D eigenvalue weighted by atomic mass is 16.2. The Morgan fingerprint density at radius 1 is 0.968 bits per heavy atom. The third-order valence-corrected chi connectivity index (χ3v) is 7.12. The number of fused-ring (bicyclic) bond motifs is 4. The van der Waals surface area contributed by atoms with Gasteiger partial charge in [-0.1, -0.05) is 18.2 Å². The number of para-hydroxylation sites is 1. The van der Waals surface area contributed by atoms with Gasteiger partial charge in [0.25, 0.3) is 5.56 Å². The molecule has 164 valence electrons. The summed E-state index contributed by atoms with van der Waals surface area (Å²) in [5, 5.41) is 5.52. The molecule has 0 radical (unpaired) electrons. The van der Waals surface area contributed by atoms with Gasteiger partial charge in [0.15, 0.2) is 0 Å². The Morgan fingerprint density at radius 3 is 2.52 bits per heavy atom. The lowest BCUT2D eigenvalue weighted by molar-refractivity contribution is 0.0517.